The monoisotopic (exact) mass is 524 g/mol. The number of rotatable bonds is 4. The van der Waals surface area contributed by atoms with Crippen molar-refractivity contribution in [3.05, 3.63) is 65.4 Å². The average Bonchev–Trinajstić information content (AvgIpc) is 3.21. The molecule has 1 unspecified atom stereocenters. The van der Waals surface area contributed by atoms with Crippen LogP contribution in [-0.4, -0.2) is 55.2 Å². The number of hydrogen-bond acceptors (Lipinski definition) is 5. The van der Waals surface area contributed by atoms with E-state index in [1.165, 1.54) is 10.9 Å². The highest BCUT2D eigenvalue weighted by Gasteiger charge is 2.31. The van der Waals surface area contributed by atoms with Crippen LogP contribution in [0.1, 0.15) is 63.4 Å². The van der Waals surface area contributed by atoms with Gasteiger partial charge in [-0.1, -0.05) is 30.3 Å². The Bertz CT molecular complexity index is 1380. The van der Waals surface area contributed by atoms with Crippen molar-refractivity contribution in [3.63, 3.8) is 0 Å². The van der Waals surface area contributed by atoms with Gasteiger partial charge in [-0.05, 0) is 76.3 Å². The SMILES string of the molecule is C[C@H]1Cc2c([nH]c3ccccc23)C(c2ccc(S(=O)(=O)NC3CCN(C(=O)OC(C)(C)C)CC3)cc2)N1. The Balaban J connectivity index is 1.27. The third-order valence-corrected chi connectivity index (χ3v) is 8.63. The molecule has 0 saturated carbocycles. The number of fused-ring (bicyclic) bond motifs is 3. The fraction of sp³-hybridized carbons (Fsp3) is 0.464. The number of aromatic nitrogens is 1. The summed E-state index contributed by atoms with van der Waals surface area (Å²) in [6, 6.07) is 15.5. The maximum absolute atomic E-state index is 13.1. The largest absolute Gasteiger partial charge is 0.444 e. The molecule has 8 nitrogen and oxygen atoms in total. The summed E-state index contributed by atoms with van der Waals surface area (Å²) >= 11 is 0. The molecule has 5 rings (SSSR count). The van der Waals surface area contributed by atoms with Crippen molar-refractivity contribution in [2.75, 3.05) is 13.1 Å². The lowest BCUT2D eigenvalue weighted by Crippen LogP contribution is -2.47. The van der Waals surface area contributed by atoms with Crippen molar-refractivity contribution in [1.29, 1.82) is 0 Å². The lowest BCUT2D eigenvalue weighted by Gasteiger charge is -2.33. The molecule has 0 bridgehead atoms. The fourth-order valence-electron chi connectivity index (χ4n) is 5.32. The van der Waals surface area contributed by atoms with Crippen LogP contribution in [0.2, 0.25) is 0 Å². The van der Waals surface area contributed by atoms with E-state index >= 15 is 0 Å². The van der Waals surface area contributed by atoms with Crippen LogP contribution in [0.25, 0.3) is 10.9 Å². The van der Waals surface area contributed by atoms with Crippen LogP contribution in [0.15, 0.2) is 53.4 Å². The van der Waals surface area contributed by atoms with Gasteiger partial charge in [-0.2, -0.15) is 0 Å². The Morgan fingerprint density at radius 1 is 1.05 bits per heavy atom. The molecule has 2 atom stereocenters. The number of amides is 1. The quantitative estimate of drug-likeness (QED) is 0.467. The lowest BCUT2D eigenvalue weighted by molar-refractivity contribution is 0.0203. The molecule has 1 saturated heterocycles. The van der Waals surface area contributed by atoms with E-state index in [4.69, 9.17) is 4.74 Å². The van der Waals surface area contributed by atoms with Crippen LogP contribution in [0.5, 0.6) is 0 Å². The zero-order valence-electron chi connectivity index (χ0n) is 21.9. The summed E-state index contributed by atoms with van der Waals surface area (Å²) < 4.78 is 34.5. The summed E-state index contributed by atoms with van der Waals surface area (Å²) in [6.07, 6.45) is 1.68. The number of ether oxygens (including phenoxy) is 1. The number of likely N-dealkylation sites (tertiary alicyclic amines) is 1. The minimum Gasteiger partial charge on any atom is -0.444 e. The third-order valence-electron chi connectivity index (χ3n) is 7.09. The van der Waals surface area contributed by atoms with Crippen LogP contribution in [0, 0.1) is 0 Å². The normalized spacial score (nSPS) is 21.1. The summed E-state index contributed by atoms with van der Waals surface area (Å²) in [6.45, 7) is 8.59. The molecule has 3 heterocycles. The molecule has 0 radical (unpaired) electrons. The van der Waals surface area contributed by atoms with E-state index < -0.39 is 15.6 Å². The first-order valence-corrected chi connectivity index (χ1v) is 14.4. The minimum absolute atomic E-state index is 0.0342. The number of H-pyrrole nitrogens is 1. The first-order chi connectivity index (χ1) is 17.5. The second-order valence-corrected chi connectivity index (χ2v) is 12.9. The van der Waals surface area contributed by atoms with Gasteiger partial charge in [0.1, 0.15) is 5.60 Å². The first kappa shape index (κ1) is 25.8. The number of nitrogens with zero attached hydrogens (tertiary/aromatic N) is 1. The highest BCUT2D eigenvalue weighted by Crippen LogP contribution is 2.35. The standard InChI is InChI=1S/C28H36N4O4S/c1-18-17-23-22-7-5-6-8-24(22)30-26(23)25(29-18)19-9-11-21(12-10-19)37(34,35)31-20-13-15-32(16-14-20)27(33)36-28(2,3)4/h5-12,18,20,25,29-31H,13-17H2,1-4H3/t18-,25?/m0/s1. The number of nitrogens with one attached hydrogen (secondary N) is 3. The zero-order chi connectivity index (χ0) is 26.4. The summed E-state index contributed by atoms with van der Waals surface area (Å²) in [7, 11) is -3.68. The number of para-hydroxylation sites is 1. The molecular formula is C28H36N4O4S. The highest BCUT2D eigenvalue weighted by molar-refractivity contribution is 7.89. The molecule has 1 fully saturated rings. The Morgan fingerprint density at radius 2 is 1.73 bits per heavy atom. The second-order valence-electron chi connectivity index (χ2n) is 11.2. The molecule has 3 N–H and O–H groups in total. The summed E-state index contributed by atoms with van der Waals surface area (Å²) in [5, 5.41) is 4.91. The number of aromatic amines is 1. The van der Waals surface area contributed by atoms with Crippen LogP contribution in [-0.2, 0) is 21.2 Å². The van der Waals surface area contributed by atoms with Crippen molar-refractivity contribution >= 4 is 27.0 Å². The van der Waals surface area contributed by atoms with Crippen molar-refractivity contribution in [1.82, 2.24) is 19.9 Å². The van der Waals surface area contributed by atoms with Gasteiger partial charge in [-0.25, -0.2) is 17.9 Å². The number of hydrogen-bond donors (Lipinski definition) is 3. The molecule has 0 spiro atoms. The number of carbonyl (C=O) groups is 1. The van der Waals surface area contributed by atoms with Crippen LogP contribution in [0.4, 0.5) is 4.79 Å². The van der Waals surface area contributed by atoms with Crippen LogP contribution < -0.4 is 10.0 Å². The van der Waals surface area contributed by atoms with E-state index in [-0.39, 0.29) is 23.1 Å². The highest BCUT2D eigenvalue weighted by atomic mass is 32.2. The second kappa shape index (κ2) is 9.78. The first-order valence-electron chi connectivity index (χ1n) is 13.0. The van der Waals surface area contributed by atoms with Crippen molar-refractivity contribution in [3.8, 4) is 0 Å². The maximum atomic E-state index is 13.1. The van der Waals surface area contributed by atoms with E-state index in [2.05, 4.69) is 40.1 Å². The van der Waals surface area contributed by atoms with Gasteiger partial charge in [-0.3, -0.25) is 0 Å². The molecule has 2 aliphatic heterocycles. The van der Waals surface area contributed by atoms with E-state index in [9.17, 15) is 13.2 Å². The van der Waals surface area contributed by atoms with E-state index in [1.807, 2.05) is 39.0 Å². The van der Waals surface area contributed by atoms with Gasteiger partial charge in [-0.15, -0.1) is 0 Å². The smallest absolute Gasteiger partial charge is 0.410 e. The predicted molar refractivity (Wildman–Crippen MR) is 144 cm³/mol. The van der Waals surface area contributed by atoms with Gasteiger partial charge in [0, 0.05) is 41.8 Å². The van der Waals surface area contributed by atoms with Crippen LogP contribution >= 0.6 is 0 Å². The van der Waals surface area contributed by atoms with Gasteiger partial charge < -0.3 is 19.9 Å². The Labute approximate surface area is 218 Å². The lowest BCUT2D eigenvalue weighted by atomic mass is 9.91. The van der Waals surface area contributed by atoms with Gasteiger partial charge in [0.25, 0.3) is 0 Å². The molecular weight excluding hydrogens is 488 g/mol. The van der Waals surface area contributed by atoms with Gasteiger partial charge in [0.2, 0.25) is 10.0 Å². The summed E-state index contributed by atoms with van der Waals surface area (Å²) in [5.41, 5.74) is 4.05. The fourth-order valence-corrected chi connectivity index (χ4v) is 6.62. The van der Waals surface area contributed by atoms with Gasteiger partial charge >= 0.3 is 6.09 Å². The molecule has 2 aliphatic rings. The molecule has 2 aromatic carbocycles. The molecule has 9 heteroatoms. The molecule has 198 valence electrons. The van der Waals surface area contributed by atoms with E-state index in [0.717, 1.165) is 23.2 Å². The molecule has 37 heavy (non-hydrogen) atoms. The number of sulfonamides is 1. The Hall–Kier alpha value is -2.88. The molecule has 1 aromatic heterocycles. The van der Waals surface area contributed by atoms with Gasteiger partial charge in [0.15, 0.2) is 0 Å². The molecule has 1 amide bonds. The average molecular weight is 525 g/mol. The summed E-state index contributed by atoms with van der Waals surface area (Å²) in [4.78, 5) is 17.8. The van der Waals surface area contributed by atoms with E-state index in [1.54, 1.807) is 17.0 Å². The number of benzene rings is 2. The number of carbonyl (C=O) groups excluding carboxylic acids is 1. The van der Waals surface area contributed by atoms with Crippen molar-refractivity contribution < 1.29 is 17.9 Å². The zero-order valence-corrected chi connectivity index (χ0v) is 22.7. The topological polar surface area (TPSA) is 104 Å². The Morgan fingerprint density at radius 3 is 2.41 bits per heavy atom. The number of piperidine rings is 1. The minimum atomic E-state index is -3.68. The van der Waals surface area contributed by atoms with Crippen molar-refractivity contribution in [2.45, 2.75) is 75.6 Å². The van der Waals surface area contributed by atoms with Crippen molar-refractivity contribution in [2.24, 2.45) is 0 Å². The van der Waals surface area contributed by atoms with Crippen LogP contribution in [0.3, 0.4) is 0 Å². The predicted octanol–water partition coefficient (Wildman–Crippen LogP) is 4.47. The summed E-state index contributed by atoms with van der Waals surface area (Å²) in [5.74, 6) is 0. The molecule has 0 aliphatic carbocycles. The maximum Gasteiger partial charge on any atom is 0.410 e. The van der Waals surface area contributed by atoms with E-state index in [0.29, 0.717) is 32.0 Å². The Kier molecular flexibility index (Phi) is 6.81. The third kappa shape index (κ3) is 5.54. The molecule has 3 aromatic rings. The van der Waals surface area contributed by atoms with Gasteiger partial charge in [0.05, 0.1) is 10.9 Å².